The van der Waals surface area contributed by atoms with Crippen LogP contribution >= 0.6 is 0 Å². The van der Waals surface area contributed by atoms with Crippen LogP contribution in [0.4, 0.5) is 4.39 Å². The molecule has 2 aromatic heterocycles. The van der Waals surface area contributed by atoms with Gasteiger partial charge < -0.3 is 14.5 Å². The van der Waals surface area contributed by atoms with E-state index in [9.17, 15) is 9.18 Å². The van der Waals surface area contributed by atoms with Crippen molar-refractivity contribution in [3.8, 4) is 28.3 Å². The van der Waals surface area contributed by atoms with Crippen LogP contribution in [-0.4, -0.2) is 21.1 Å². The van der Waals surface area contributed by atoms with Crippen molar-refractivity contribution in [1.29, 1.82) is 0 Å². The van der Waals surface area contributed by atoms with Crippen LogP contribution in [0.15, 0.2) is 65.3 Å². The Morgan fingerprint density at radius 1 is 1.07 bits per heavy atom. The summed E-state index contributed by atoms with van der Waals surface area (Å²) in [4.78, 5) is 16.7. The second kappa shape index (κ2) is 7.40. The van der Waals surface area contributed by atoms with Crippen molar-refractivity contribution in [2.24, 2.45) is 0 Å². The first-order valence-corrected chi connectivity index (χ1v) is 9.24. The van der Waals surface area contributed by atoms with Crippen LogP contribution in [-0.2, 0) is 13.2 Å². The molecule has 7 nitrogen and oxygen atoms in total. The van der Waals surface area contributed by atoms with Gasteiger partial charge >= 0.3 is 0 Å². The normalized spacial score (nSPS) is 11.9. The molecular weight excluding hydrogens is 387 g/mol. The average Bonchev–Trinajstić information content (AvgIpc) is 3.26. The van der Waals surface area contributed by atoms with Crippen molar-refractivity contribution in [2.75, 3.05) is 0 Å². The van der Waals surface area contributed by atoms with Crippen LogP contribution in [0.2, 0.25) is 0 Å². The van der Waals surface area contributed by atoms with E-state index in [1.807, 2.05) is 12.1 Å². The van der Waals surface area contributed by atoms with E-state index >= 15 is 0 Å². The number of carbonyl (C=O) groups excluding carboxylic acids is 1. The van der Waals surface area contributed by atoms with Gasteiger partial charge in [0.15, 0.2) is 0 Å². The zero-order chi connectivity index (χ0) is 20.5. The molecule has 0 saturated heterocycles. The molecule has 4 aromatic rings. The van der Waals surface area contributed by atoms with E-state index in [1.165, 1.54) is 6.07 Å². The number of pyridine rings is 1. The van der Waals surface area contributed by atoms with Gasteiger partial charge in [0.1, 0.15) is 18.2 Å². The van der Waals surface area contributed by atoms with Crippen molar-refractivity contribution < 1.29 is 18.3 Å². The summed E-state index contributed by atoms with van der Waals surface area (Å²) in [6.45, 7) is 0.425. The van der Waals surface area contributed by atoms with Crippen molar-refractivity contribution in [1.82, 2.24) is 20.5 Å². The number of amides is 1. The monoisotopic (exact) mass is 402 g/mol. The third-order valence-corrected chi connectivity index (χ3v) is 4.79. The fraction of sp³-hybridized carbons (Fsp3) is 0.0909. The van der Waals surface area contributed by atoms with Gasteiger partial charge in [-0.3, -0.25) is 9.78 Å². The molecule has 1 aliphatic heterocycles. The summed E-state index contributed by atoms with van der Waals surface area (Å²) in [5, 5.41) is 10.4. The lowest BCUT2D eigenvalue weighted by molar-refractivity contribution is 0.0947. The number of rotatable bonds is 4. The molecule has 2 aromatic carbocycles. The van der Waals surface area contributed by atoms with E-state index in [1.54, 1.807) is 42.7 Å². The van der Waals surface area contributed by atoms with Crippen LogP contribution in [0.3, 0.4) is 0 Å². The van der Waals surface area contributed by atoms with Gasteiger partial charge in [0, 0.05) is 29.1 Å². The van der Waals surface area contributed by atoms with E-state index in [0.29, 0.717) is 17.9 Å². The van der Waals surface area contributed by atoms with Crippen LogP contribution < -0.4 is 10.1 Å². The maximum atomic E-state index is 13.8. The minimum atomic E-state index is -0.455. The zero-order valence-corrected chi connectivity index (χ0v) is 15.6. The van der Waals surface area contributed by atoms with Crippen LogP contribution in [0.25, 0.3) is 22.6 Å². The Balaban J connectivity index is 1.30. The molecular formula is C22H15FN4O3. The quantitative estimate of drug-likeness (QED) is 0.559. The zero-order valence-electron chi connectivity index (χ0n) is 15.6. The van der Waals surface area contributed by atoms with Crippen LogP contribution in [0, 0.1) is 5.82 Å². The number of nitrogens with one attached hydrogen (secondary N) is 1. The number of aromatic nitrogens is 3. The number of benzene rings is 2. The summed E-state index contributed by atoms with van der Waals surface area (Å²) < 4.78 is 25.1. The van der Waals surface area contributed by atoms with E-state index in [-0.39, 0.29) is 29.8 Å². The molecule has 0 radical (unpaired) electrons. The molecule has 30 heavy (non-hydrogen) atoms. The molecule has 0 bridgehead atoms. The molecule has 1 aliphatic rings. The van der Waals surface area contributed by atoms with Gasteiger partial charge in [-0.25, -0.2) is 4.39 Å². The Bertz CT molecular complexity index is 1250. The topological polar surface area (TPSA) is 90.1 Å². The number of nitrogens with zero attached hydrogens (tertiary/aromatic N) is 3. The second-order valence-electron chi connectivity index (χ2n) is 6.70. The summed E-state index contributed by atoms with van der Waals surface area (Å²) in [6, 6.07) is 13.3. The SMILES string of the molecule is O=C(NCc1nnc(-c2ccccc2F)o1)c1ccc2c(c1)OCc1cnccc1-2. The molecule has 8 heteroatoms. The van der Waals surface area contributed by atoms with Crippen molar-refractivity contribution >= 4 is 5.91 Å². The maximum absolute atomic E-state index is 13.8. The standard InChI is InChI=1S/C22H15FN4O3/c23-18-4-2-1-3-17(18)22-27-26-20(30-22)11-25-21(28)13-5-6-16-15-7-8-24-10-14(15)12-29-19(16)9-13/h1-10H,11-12H2,(H,25,28). The number of hydrogen-bond donors (Lipinski definition) is 1. The second-order valence-corrected chi connectivity index (χ2v) is 6.70. The van der Waals surface area contributed by atoms with Crippen molar-refractivity contribution in [2.45, 2.75) is 13.2 Å². The lowest BCUT2D eigenvalue weighted by Gasteiger charge is -2.20. The third-order valence-electron chi connectivity index (χ3n) is 4.79. The molecule has 1 amide bonds. The van der Waals surface area contributed by atoms with Gasteiger partial charge in [0.05, 0.1) is 12.1 Å². The Morgan fingerprint density at radius 3 is 2.87 bits per heavy atom. The highest BCUT2D eigenvalue weighted by molar-refractivity contribution is 5.95. The minimum Gasteiger partial charge on any atom is -0.488 e. The Labute approximate surface area is 170 Å². The van der Waals surface area contributed by atoms with Crippen molar-refractivity contribution in [3.05, 3.63) is 83.8 Å². The van der Waals surface area contributed by atoms with Gasteiger partial charge in [0.2, 0.25) is 5.89 Å². The first-order chi connectivity index (χ1) is 14.7. The molecule has 0 unspecified atom stereocenters. The fourth-order valence-electron chi connectivity index (χ4n) is 3.29. The molecule has 1 N–H and O–H groups in total. The minimum absolute atomic E-state index is 0.0206. The Morgan fingerprint density at radius 2 is 1.97 bits per heavy atom. The number of carbonyl (C=O) groups is 1. The highest BCUT2D eigenvalue weighted by Crippen LogP contribution is 2.37. The molecule has 3 heterocycles. The molecule has 0 spiro atoms. The third kappa shape index (κ3) is 3.28. The van der Waals surface area contributed by atoms with E-state index in [4.69, 9.17) is 9.15 Å². The van der Waals surface area contributed by atoms with E-state index in [2.05, 4.69) is 20.5 Å². The van der Waals surface area contributed by atoms with Crippen LogP contribution in [0.5, 0.6) is 5.75 Å². The smallest absolute Gasteiger partial charge is 0.251 e. The molecule has 148 valence electrons. The number of halogens is 1. The summed E-state index contributed by atoms with van der Waals surface area (Å²) in [6.07, 6.45) is 3.51. The molecule has 0 fully saturated rings. The molecule has 5 rings (SSSR count). The van der Waals surface area contributed by atoms with Gasteiger partial charge in [-0.15, -0.1) is 10.2 Å². The van der Waals surface area contributed by atoms with E-state index < -0.39 is 5.82 Å². The summed E-state index contributed by atoms with van der Waals surface area (Å²) >= 11 is 0. The number of ether oxygens (including phenoxy) is 1. The van der Waals surface area contributed by atoms with Gasteiger partial charge in [-0.1, -0.05) is 12.1 Å². The summed E-state index contributed by atoms with van der Waals surface area (Å²) in [7, 11) is 0. The molecule has 0 saturated carbocycles. The van der Waals surface area contributed by atoms with Crippen molar-refractivity contribution in [3.63, 3.8) is 0 Å². The average molecular weight is 402 g/mol. The van der Waals surface area contributed by atoms with E-state index in [0.717, 1.165) is 16.7 Å². The first kappa shape index (κ1) is 18.0. The maximum Gasteiger partial charge on any atom is 0.251 e. The highest BCUT2D eigenvalue weighted by Gasteiger charge is 2.19. The fourth-order valence-corrected chi connectivity index (χ4v) is 3.29. The van der Waals surface area contributed by atoms with Gasteiger partial charge in [-0.2, -0.15) is 0 Å². The number of hydrogen-bond acceptors (Lipinski definition) is 6. The molecule has 0 aliphatic carbocycles. The molecule has 0 atom stereocenters. The Kier molecular flexibility index (Phi) is 4.44. The summed E-state index contributed by atoms with van der Waals surface area (Å²) in [5.74, 6) is 0.113. The van der Waals surface area contributed by atoms with Gasteiger partial charge in [-0.05, 0) is 42.0 Å². The highest BCUT2D eigenvalue weighted by atomic mass is 19.1. The first-order valence-electron chi connectivity index (χ1n) is 9.24. The largest absolute Gasteiger partial charge is 0.488 e. The lowest BCUT2D eigenvalue weighted by Crippen LogP contribution is -2.23. The lowest BCUT2D eigenvalue weighted by atomic mass is 9.97. The summed E-state index contributed by atoms with van der Waals surface area (Å²) in [5.41, 5.74) is 3.63. The predicted molar refractivity (Wildman–Crippen MR) is 105 cm³/mol. The predicted octanol–water partition coefficient (Wildman–Crippen LogP) is 3.76. The number of fused-ring (bicyclic) bond motifs is 3. The van der Waals surface area contributed by atoms with Crippen LogP contribution in [0.1, 0.15) is 21.8 Å². The van der Waals surface area contributed by atoms with Gasteiger partial charge in [0.25, 0.3) is 11.8 Å². The Hall–Kier alpha value is -4.07.